The van der Waals surface area contributed by atoms with Crippen LogP contribution in [-0.4, -0.2) is 37.1 Å². The van der Waals surface area contributed by atoms with Crippen molar-refractivity contribution < 1.29 is 14.3 Å². The van der Waals surface area contributed by atoms with E-state index in [2.05, 4.69) is 10.1 Å². The average Bonchev–Trinajstić information content (AvgIpc) is 2.92. The van der Waals surface area contributed by atoms with E-state index in [0.717, 1.165) is 25.9 Å². The number of benzene rings is 1. The SMILES string of the molecule is COC(=O)c1ccc(NC(=O)N2CCCC2)cc1Cl. The standard InChI is InChI=1S/C13H15ClN2O3/c1-19-12(17)10-5-4-9(8-11(10)14)15-13(18)16-6-2-3-7-16/h4-5,8H,2-3,6-7H2,1H3,(H,15,18). The fourth-order valence-corrected chi connectivity index (χ4v) is 2.25. The molecule has 1 aliphatic rings. The smallest absolute Gasteiger partial charge is 0.339 e. The molecule has 0 saturated carbocycles. The van der Waals surface area contributed by atoms with Crippen molar-refractivity contribution in [2.24, 2.45) is 0 Å². The highest BCUT2D eigenvalue weighted by molar-refractivity contribution is 6.33. The number of amides is 2. The Morgan fingerprint density at radius 3 is 2.58 bits per heavy atom. The molecule has 102 valence electrons. The summed E-state index contributed by atoms with van der Waals surface area (Å²) in [6.45, 7) is 1.56. The van der Waals surface area contributed by atoms with Crippen LogP contribution in [-0.2, 0) is 4.74 Å². The van der Waals surface area contributed by atoms with Gasteiger partial charge in [0.1, 0.15) is 0 Å². The fourth-order valence-electron chi connectivity index (χ4n) is 1.99. The Morgan fingerprint density at radius 1 is 1.32 bits per heavy atom. The first-order valence-corrected chi connectivity index (χ1v) is 6.43. The van der Waals surface area contributed by atoms with Crippen molar-refractivity contribution in [1.82, 2.24) is 4.90 Å². The molecule has 0 radical (unpaired) electrons. The zero-order valence-electron chi connectivity index (χ0n) is 10.6. The van der Waals surface area contributed by atoms with Gasteiger partial charge >= 0.3 is 12.0 Å². The number of halogens is 1. The van der Waals surface area contributed by atoms with E-state index < -0.39 is 5.97 Å². The van der Waals surface area contributed by atoms with E-state index in [9.17, 15) is 9.59 Å². The third kappa shape index (κ3) is 3.17. The maximum Gasteiger partial charge on any atom is 0.339 e. The molecule has 19 heavy (non-hydrogen) atoms. The summed E-state index contributed by atoms with van der Waals surface area (Å²) in [6, 6.07) is 4.57. The molecule has 1 saturated heterocycles. The minimum atomic E-state index is -0.498. The molecule has 1 aliphatic heterocycles. The summed E-state index contributed by atoms with van der Waals surface area (Å²) in [6.07, 6.45) is 2.07. The minimum Gasteiger partial charge on any atom is -0.465 e. The number of ether oxygens (including phenoxy) is 1. The normalized spacial score (nSPS) is 14.3. The van der Waals surface area contributed by atoms with Crippen molar-refractivity contribution in [3.63, 3.8) is 0 Å². The Hall–Kier alpha value is -1.75. The second-order valence-electron chi connectivity index (χ2n) is 4.31. The third-order valence-electron chi connectivity index (χ3n) is 3.02. The molecule has 0 aliphatic carbocycles. The number of esters is 1. The molecule has 1 heterocycles. The summed E-state index contributed by atoms with van der Waals surface area (Å²) in [5.74, 6) is -0.498. The summed E-state index contributed by atoms with van der Waals surface area (Å²) < 4.78 is 4.60. The molecule has 2 amide bonds. The van der Waals surface area contributed by atoms with Crippen molar-refractivity contribution in [3.8, 4) is 0 Å². The zero-order valence-corrected chi connectivity index (χ0v) is 11.4. The lowest BCUT2D eigenvalue weighted by Gasteiger charge is -2.16. The topological polar surface area (TPSA) is 58.6 Å². The molecule has 0 aromatic heterocycles. The van der Waals surface area contributed by atoms with Gasteiger partial charge in [0.2, 0.25) is 0 Å². The maximum atomic E-state index is 11.9. The molecule has 1 N–H and O–H groups in total. The number of nitrogens with zero attached hydrogens (tertiary/aromatic N) is 1. The molecule has 0 unspecified atom stereocenters. The first kappa shape index (κ1) is 13.7. The molecule has 1 aromatic rings. The molecular weight excluding hydrogens is 268 g/mol. The number of hydrogen-bond donors (Lipinski definition) is 1. The van der Waals surface area contributed by atoms with Gasteiger partial charge < -0.3 is 15.0 Å². The maximum absolute atomic E-state index is 11.9. The van der Waals surface area contributed by atoms with Crippen molar-refractivity contribution in [1.29, 1.82) is 0 Å². The summed E-state index contributed by atoms with van der Waals surface area (Å²) >= 11 is 5.98. The zero-order chi connectivity index (χ0) is 13.8. The highest BCUT2D eigenvalue weighted by Gasteiger charge is 2.18. The van der Waals surface area contributed by atoms with Gasteiger partial charge in [-0.2, -0.15) is 0 Å². The lowest BCUT2D eigenvalue weighted by molar-refractivity contribution is 0.0601. The molecule has 0 bridgehead atoms. The van der Waals surface area contributed by atoms with Crippen LogP contribution in [0.1, 0.15) is 23.2 Å². The number of nitrogens with one attached hydrogen (secondary N) is 1. The van der Waals surface area contributed by atoms with Crippen LogP contribution >= 0.6 is 11.6 Å². The van der Waals surface area contributed by atoms with Gasteiger partial charge in [-0.3, -0.25) is 0 Å². The van der Waals surface area contributed by atoms with Crippen LogP contribution in [0, 0.1) is 0 Å². The van der Waals surface area contributed by atoms with Crippen LogP contribution in [0.15, 0.2) is 18.2 Å². The Kier molecular flexibility index (Phi) is 4.27. The minimum absolute atomic E-state index is 0.139. The quantitative estimate of drug-likeness (QED) is 0.849. The number of urea groups is 1. The Labute approximate surface area is 116 Å². The first-order chi connectivity index (χ1) is 9.11. The Bertz CT molecular complexity index is 499. The molecule has 2 rings (SSSR count). The van der Waals surface area contributed by atoms with Gasteiger partial charge in [0, 0.05) is 18.8 Å². The molecule has 5 nitrogen and oxygen atoms in total. The van der Waals surface area contributed by atoms with Crippen LogP contribution in [0.4, 0.5) is 10.5 Å². The molecular formula is C13H15ClN2O3. The third-order valence-corrected chi connectivity index (χ3v) is 3.33. The fraction of sp³-hybridized carbons (Fsp3) is 0.385. The van der Waals surface area contributed by atoms with Crippen molar-refractivity contribution >= 4 is 29.3 Å². The number of rotatable bonds is 2. The average molecular weight is 283 g/mol. The number of methoxy groups -OCH3 is 1. The summed E-state index contributed by atoms with van der Waals surface area (Å²) in [5, 5.41) is 3.01. The van der Waals surface area contributed by atoms with E-state index in [1.807, 2.05) is 0 Å². The van der Waals surface area contributed by atoms with Gasteiger partial charge in [0.05, 0.1) is 17.7 Å². The van der Waals surface area contributed by atoms with Gasteiger partial charge in [-0.05, 0) is 31.0 Å². The van der Waals surface area contributed by atoms with E-state index in [-0.39, 0.29) is 16.6 Å². The van der Waals surface area contributed by atoms with Crippen molar-refractivity contribution in [2.75, 3.05) is 25.5 Å². The van der Waals surface area contributed by atoms with E-state index in [4.69, 9.17) is 11.6 Å². The monoisotopic (exact) mass is 282 g/mol. The van der Waals surface area contributed by atoms with Gasteiger partial charge in [-0.25, -0.2) is 9.59 Å². The predicted octanol–water partition coefficient (Wildman–Crippen LogP) is 2.75. The second kappa shape index (κ2) is 5.93. The van der Waals surface area contributed by atoms with Crippen molar-refractivity contribution in [2.45, 2.75) is 12.8 Å². The van der Waals surface area contributed by atoms with Gasteiger partial charge in [-0.1, -0.05) is 11.6 Å². The van der Waals surface area contributed by atoms with Crippen molar-refractivity contribution in [3.05, 3.63) is 28.8 Å². The molecule has 1 aromatic carbocycles. The lowest BCUT2D eigenvalue weighted by atomic mass is 10.2. The highest BCUT2D eigenvalue weighted by Crippen LogP contribution is 2.22. The van der Waals surface area contributed by atoms with E-state index >= 15 is 0 Å². The van der Waals surface area contributed by atoms with Gasteiger partial charge in [0.15, 0.2) is 0 Å². The lowest BCUT2D eigenvalue weighted by Crippen LogP contribution is -2.32. The molecule has 0 spiro atoms. The number of carbonyl (C=O) groups is 2. The number of anilines is 1. The molecule has 1 fully saturated rings. The highest BCUT2D eigenvalue weighted by atomic mass is 35.5. The Balaban J connectivity index is 2.07. The predicted molar refractivity (Wildman–Crippen MR) is 72.6 cm³/mol. The van der Waals surface area contributed by atoms with Crippen LogP contribution in [0.5, 0.6) is 0 Å². The number of carbonyl (C=O) groups excluding carboxylic acids is 2. The molecule has 0 atom stereocenters. The van der Waals surface area contributed by atoms with Crippen LogP contribution in [0.3, 0.4) is 0 Å². The Morgan fingerprint density at radius 2 is 2.00 bits per heavy atom. The van der Waals surface area contributed by atoms with E-state index in [1.165, 1.54) is 13.2 Å². The number of hydrogen-bond acceptors (Lipinski definition) is 3. The van der Waals surface area contributed by atoms with Gasteiger partial charge in [0.25, 0.3) is 0 Å². The largest absolute Gasteiger partial charge is 0.465 e. The second-order valence-corrected chi connectivity index (χ2v) is 4.72. The number of likely N-dealkylation sites (tertiary alicyclic amines) is 1. The van der Waals surface area contributed by atoms with E-state index in [1.54, 1.807) is 17.0 Å². The summed E-state index contributed by atoms with van der Waals surface area (Å²) in [5.41, 5.74) is 0.845. The molecule has 6 heteroatoms. The van der Waals surface area contributed by atoms with Crippen LogP contribution < -0.4 is 5.32 Å². The van der Waals surface area contributed by atoms with Gasteiger partial charge in [-0.15, -0.1) is 0 Å². The van der Waals surface area contributed by atoms with Crippen LogP contribution in [0.25, 0.3) is 0 Å². The van der Waals surface area contributed by atoms with E-state index in [0.29, 0.717) is 5.69 Å². The summed E-state index contributed by atoms with van der Waals surface area (Å²) in [7, 11) is 1.29. The van der Waals surface area contributed by atoms with Crippen LogP contribution in [0.2, 0.25) is 5.02 Å². The summed E-state index contributed by atoms with van der Waals surface area (Å²) in [4.78, 5) is 25.0. The first-order valence-electron chi connectivity index (χ1n) is 6.05.